The molecule has 1 aliphatic rings. The molecule has 1 aliphatic heterocycles. The van der Waals surface area contributed by atoms with Gasteiger partial charge in [-0.3, -0.25) is 9.69 Å². The molecule has 0 bridgehead atoms. The standard InChI is InChI=1S/C37H42N2O2/c1-37(2,3)38-36(40)34-25-33(41-27-28-13-7-4-8-14-28)20-19-32(34)26-39-23-21-31(22-24-39)35(29-15-9-5-10-16-29)30-17-11-6-12-18-30/h4-20,25,31,35H,21-24,26-27H2,1-3H3,(H,38,40). The monoisotopic (exact) mass is 546 g/mol. The average molecular weight is 547 g/mol. The highest BCUT2D eigenvalue weighted by atomic mass is 16.5. The zero-order chi connectivity index (χ0) is 28.7. The molecule has 4 aromatic rings. The summed E-state index contributed by atoms with van der Waals surface area (Å²) in [6, 6.07) is 38.0. The van der Waals surface area contributed by atoms with Crippen LogP contribution >= 0.6 is 0 Å². The Morgan fingerprint density at radius 1 is 0.829 bits per heavy atom. The van der Waals surface area contributed by atoms with Crippen molar-refractivity contribution in [2.45, 2.75) is 58.2 Å². The van der Waals surface area contributed by atoms with Crippen LogP contribution in [0.2, 0.25) is 0 Å². The molecule has 1 fully saturated rings. The Balaban J connectivity index is 1.30. The molecule has 212 valence electrons. The summed E-state index contributed by atoms with van der Waals surface area (Å²) in [6.45, 7) is 9.28. The van der Waals surface area contributed by atoms with E-state index in [0.717, 1.165) is 43.6 Å². The summed E-state index contributed by atoms with van der Waals surface area (Å²) in [5.41, 5.74) is 5.30. The van der Waals surface area contributed by atoms with Crippen LogP contribution in [0.4, 0.5) is 0 Å². The fraction of sp³-hybridized carbons (Fsp3) is 0.324. The van der Waals surface area contributed by atoms with Crippen molar-refractivity contribution in [1.29, 1.82) is 0 Å². The van der Waals surface area contributed by atoms with Crippen molar-refractivity contribution in [2.75, 3.05) is 13.1 Å². The molecule has 0 atom stereocenters. The molecule has 0 radical (unpaired) electrons. The van der Waals surface area contributed by atoms with Crippen LogP contribution in [0.1, 0.15) is 72.1 Å². The van der Waals surface area contributed by atoms with E-state index in [2.05, 4.69) is 76.9 Å². The number of hydrogen-bond donors (Lipinski definition) is 1. The van der Waals surface area contributed by atoms with Crippen LogP contribution in [0.5, 0.6) is 5.75 Å². The van der Waals surface area contributed by atoms with Crippen LogP contribution in [0, 0.1) is 5.92 Å². The van der Waals surface area contributed by atoms with E-state index >= 15 is 0 Å². The molecule has 4 aromatic carbocycles. The summed E-state index contributed by atoms with van der Waals surface area (Å²) in [5.74, 6) is 1.63. The summed E-state index contributed by atoms with van der Waals surface area (Å²) in [5, 5.41) is 3.16. The summed E-state index contributed by atoms with van der Waals surface area (Å²) in [7, 11) is 0. The fourth-order valence-corrected chi connectivity index (χ4v) is 5.89. The maximum Gasteiger partial charge on any atom is 0.252 e. The van der Waals surface area contributed by atoms with E-state index in [4.69, 9.17) is 4.74 Å². The van der Waals surface area contributed by atoms with E-state index < -0.39 is 0 Å². The number of piperidine rings is 1. The maximum atomic E-state index is 13.4. The second kappa shape index (κ2) is 13.2. The number of carbonyl (C=O) groups excluding carboxylic acids is 1. The normalized spacial score (nSPS) is 14.6. The second-order valence-corrected chi connectivity index (χ2v) is 12.2. The molecule has 0 aromatic heterocycles. The van der Waals surface area contributed by atoms with Crippen LogP contribution in [-0.4, -0.2) is 29.4 Å². The van der Waals surface area contributed by atoms with E-state index in [1.165, 1.54) is 11.1 Å². The minimum absolute atomic E-state index is 0.0548. The number of carbonyl (C=O) groups is 1. The minimum atomic E-state index is -0.322. The van der Waals surface area contributed by atoms with Gasteiger partial charge in [0.05, 0.1) is 0 Å². The van der Waals surface area contributed by atoms with E-state index in [1.807, 2.05) is 63.2 Å². The van der Waals surface area contributed by atoms with Gasteiger partial charge in [-0.15, -0.1) is 0 Å². The molecule has 41 heavy (non-hydrogen) atoms. The first-order chi connectivity index (χ1) is 19.9. The van der Waals surface area contributed by atoms with Gasteiger partial charge in [0, 0.05) is 23.6 Å². The van der Waals surface area contributed by atoms with Gasteiger partial charge in [-0.2, -0.15) is 0 Å². The van der Waals surface area contributed by atoms with Gasteiger partial charge >= 0.3 is 0 Å². The van der Waals surface area contributed by atoms with Crippen molar-refractivity contribution in [2.24, 2.45) is 5.92 Å². The number of amides is 1. The lowest BCUT2D eigenvalue weighted by molar-refractivity contribution is 0.0915. The third kappa shape index (κ3) is 7.86. The molecule has 0 aliphatic carbocycles. The number of ether oxygens (including phenoxy) is 1. The van der Waals surface area contributed by atoms with Crippen molar-refractivity contribution in [1.82, 2.24) is 10.2 Å². The number of benzene rings is 4. The van der Waals surface area contributed by atoms with Crippen LogP contribution in [0.15, 0.2) is 109 Å². The number of hydrogen-bond acceptors (Lipinski definition) is 3. The first-order valence-electron chi connectivity index (χ1n) is 14.8. The van der Waals surface area contributed by atoms with Gasteiger partial charge in [0.25, 0.3) is 5.91 Å². The molecule has 1 heterocycles. The summed E-state index contributed by atoms with van der Waals surface area (Å²) in [6.07, 6.45) is 2.24. The van der Waals surface area contributed by atoms with Gasteiger partial charge in [0.1, 0.15) is 12.4 Å². The number of nitrogens with zero attached hydrogens (tertiary/aromatic N) is 1. The Bertz CT molecular complexity index is 1350. The highest BCUT2D eigenvalue weighted by molar-refractivity contribution is 5.96. The zero-order valence-electron chi connectivity index (χ0n) is 24.6. The summed E-state index contributed by atoms with van der Waals surface area (Å²) < 4.78 is 6.09. The summed E-state index contributed by atoms with van der Waals surface area (Å²) in [4.78, 5) is 15.9. The Morgan fingerprint density at radius 2 is 1.39 bits per heavy atom. The largest absolute Gasteiger partial charge is 0.489 e. The fourth-order valence-electron chi connectivity index (χ4n) is 5.89. The number of likely N-dealkylation sites (tertiary alicyclic amines) is 1. The van der Waals surface area contributed by atoms with E-state index in [9.17, 15) is 4.79 Å². The molecule has 1 saturated heterocycles. The second-order valence-electron chi connectivity index (χ2n) is 12.2. The van der Waals surface area contributed by atoms with Gasteiger partial charge in [0.15, 0.2) is 0 Å². The molecule has 0 saturated carbocycles. The summed E-state index contributed by atoms with van der Waals surface area (Å²) >= 11 is 0. The van der Waals surface area contributed by atoms with Crippen LogP contribution in [-0.2, 0) is 13.2 Å². The molecule has 5 rings (SSSR count). The van der Waals surface area contributed by atoms with E-state index in [1.54, 1.807) is 0 Å². The highest BCUT2D eigenvalue weighted by Crippen LogP contribution is 2.38. The molecule has 0 spiro atoms. The quantitative estimate of drug-likeness (QED) is 0.233. The Hall–Kier alpha value is -3.89. The predicted molar refractivity (Wildman–Crippen MR) is 167 cm³/mol. The smallest absolute Gasteiger partial charge is 0.252 e. The van der Waals surface area contributed by atoms with Crippen molar-refractivity contribution in [3.8, 4) is 5.75 Å². The van der Waals surface area contributed by atoms with E-state index in [-0.39, 0.29) is 11.4 Å². The minimum Gasteiger partial charge on any atom is -0.489 e. The lowest BCUT2D eigenvalue weighted by Gasteiger charge is -2.37. The molecular weight excluding hydrogens is 504 g/mol. The number of rotatable bonds is 9. The maximum absolute atomic E-state index is 13.4. The van der Waals surface area contributed by atoms with Gasteiger partial charge in [-0.25, -0.2) is 0 Å². The number of nitrogens with one attached hydrogen (secondary N) is 1. The Morgan fingerprint density at radius 3 is 1.95 bits per heavy atom. The van der Waals surface area contributed by atoms with Crippen LogP contribution in [0.3, 0.4) is 0 Å². The lowest BCUT2D eigenvalue weighted by Crippen LogP contribution is -2.41. The first-order valence-corrected chi connectivity index (χ1v) is 14.8. The molecule has 1 amide bonds. The van der Waals surface area contributed by atoms with Gasteiger partial charge in [-0.1, -0.05) is 97.1 Å². The average Bonchev–Trinajstić information content (AvgIpc) is 2.98. The van der Waals surface area contributed by atoms with Crippen LogP contribution < -0.4 is 10.1 Å². The van der Waals surface area contributed by atoms with Crippen molar-refractivity contribution >= 4 is 5.91 Å². The third-order valence-corrected chi connectivity index (χ3v) is 7.88. The SMILES string of the molecule is CC(C)(C)NC(=O)c1cc(OCc2ccccc2)ccc1CN1CCC(C(c2ccccc2)c2ccccc2)CC1. The van der Waals surface area contributed by atoms with E-state index in [0.29, 0.717) is 29.8 Å². The molecular formula is C37H42N2O2. The molecule has 1 N–H and O–H groups in total. The molecule has 4 heteroatoms. The first kappa shape index (κ1) is 28.6. The zero-order valence-corrected chi connectivity index (χ0v) is 24.6. The van der Waals surface area contributed by atoms with Gasteiger partial charge in [-0.05, 0) is 87.0 Å². The van der Waals surface area contributed by atoms with Gasteiger partial charge < -0.3 is 10.1 Å². The van der Waals surface area contributed by atoms with Crippen molar-refractivity contribution in [3.63, 3.8) is 0 Å². The highest BCUT2D eigenvalue weighted by Gasteiger charge is 2.29. The van der Waals surface area contributed by atoms with Gasteiger partial charge in [0.2, 0.25) is 0 Å². The molecule has 0 unspecified atom stereocenters. The molecule has 4 nitrogen and oxygen atoms in total. The topological polar surface area (TPSA) is 41.6 Å². The Labute approximate surface area is 245 Å². The van der Waals surface area contributed by atoms with Crippen molar-refractivity contribution in [3.05, 3.63) is 137 Å². The van der Waals surface area contributed by atoms with Crippen LogP contribution in [0.25, 0.3) is 0 Å². The predicted octanol–water partition coefficient (Wildman–Crippen LogP) is 7.84. The Kier molecular flexibility index (Phi) is 9.21. The van der Waals surface area contributed by atoms with Crippen molar-refractivity contribution < 1.29 is 9.53 Å². The lowest BCUT2D eigenvalue weighted by atomic mass is 9.76. The third-order valence-electron chi connectivity index (χ3n) is 7.88.